The number of rotatable bonds is 10. The third kappa shape index (κ3) is 6.06. The second-order valence-corrected chi connectivity index (χ2v) is 18.9. The molecule has 2 aliphatic heterocycles. The lowest BCUT2D eigenvalue weighted by atomic mass is 9.96. The molecule has 1 fully saturated rings. The van der Waals surface area contributed by atoms with E-state index in [4.69, 9.17) is 9.16 Å². The van der Waals surface area contributed by atoms with Crippen LogP contribution in [0.25, 0.3) is 6.08 Å². The Morgan fingerprint density at radius 3 is 2.12 bits per heavy atom. The van der Waals surface area contributed by atoms with Crippen LogP contribution in [-0.2, 0) is 19.0 Å². The van der Waals surface area contributed by atoms with E-state index in [1.54, 1.807) is 12.1 Å². The van der Waals surface area contributed by atoms with Gasteiger partial charge in [-0.3, -0.25) is 0 Å². The molecule has 222 valence electrons. The van der Waals surface area contributed by atoms with Crippen molar-refractivity contribution >= 4 is 34.6 Å². The summed E-state index contributed by atoms with van der Waals surface area (Å²) in [6, 6.07) is 28.1. The van der Waals surface area contributed by atoms with Crippen LogP contribution in [0.4, 0.5) is 0 Å². The Labute approximate surface area is 252 Å². The van der Waals surface area contributed by atoms with Crippen molar-refractivity contribution in [3.63, 3.8) is 0 Å². The predicted octanol–water partition coefficient (Wildman–Crippen LogP) is 6.03. The molecule has 0 aromatic heterocycles. The van der Waals surface area contributed by atoms with E-state index in [1.165, 1.54) is 15.9 Å². The second-order valence-electron chi connectivity index (χ2n) is 12.4. The van der Waals surface area contributed by atoms with Crippen LogP contribution >= 0.6 is 0 Å². The number of benzene rings is 3. The molecule has 5 nitrogen and oxygen atoms in total. The molecule has 0 bridgehead atoms. The van der Waals surface area contributed by atoms with E-state index in [0.717, 1.165) is 36.0 Å². The molecule has 0 unspecified atom stereocenters. The molecular formula is C35H42O5SSi. The Bertz CT molecular complexity index is 1500. The average molecular weight is 603 g/mol. The monoisotopic (exact) mass is 602 g/mol. The summed E-state index contributed by atoms with van der Waals surface area (Å²) in [6.07, 6.45) is 4.33. The van der Waals surface area contributed by atoms with Gasteiger partial charge in [-0.25, -0.2) is 8.42 Å². The van der Waals surface area contributed by atoms with E-state index in [2.05, 4.69) is 82.3 Å². The fraction of sp³-hybridized carbons (Fsp3) is 0.371. The molecule has 0 saturated carbocycles. The maximum absolute atomic E-state index is 13.3. The van der Waals surface area contributed by atoms with Gasteiger partial charge in [0.1, 0.15) is 11.0 Å². The summed E-state index contributed by atoms with van der Waals surface area (Å²) in [5.41, 5.74) is 4.10. The molecule has 2 heterocycles. The summed E-state index contributed by atoms with van der Waals surface area (Å²) in [5.74, 6) is 0.285. The summed E-state index contributed by atoms with van der Waals surface area (Å²) in [4.78, 5) is 0. The minimum absolute atomic E-state index is 0.0368. The first-order valence-corrected chi connectivity index (χ1v) is 18.5. The van der Waals surface area contributed by atoms with Gasteiger partial charge in [-0.15, -0.1) is 0 Å². The Hall–Kier alpha value is -2.97. The first-order chi connectivity index (χ1) is 20.0. The van der Waals surface area contributed by atoms with Crippen molar-refractivity contribution in [1.29, 1.82) is 0 Å². The van der Waals surface area contributed by atoms with Crippen LogP contribution in [0.5, 0.6) is 5.75 Å². The standard InChI is InChI=1S/C35H42O5SSi/c1-5-26(22-27-16-19-29(36)20-17-27)18-21-32-34-28(25-41(37,38)33(34)24-39-32)23-40-42(35(2,3)4,30-12-8-6-9-13-30)31-14-10-7-11-15-31/h6-17,19-20,22,32-33,36H,5,18,21,23-25H2,1-4H3/b26-22+/t32-,33+/m1/s1. The van der Waals surface area contributed by atoms with Gasteiger partial charge in [0, 0.05) is 0 Å². The minimum Gasteiger partial charge on any atom is -0.508 e. The number of fused-ring (bicyclic) bond motifs is 1. The highest BCUT2D eigenvalue weighted by molar-refractivity contribution is 7.92. The highest BCUT2D eigenvalue weighted by Crippen LogP contribution is 2.41. The summed E-state index contributed by atoms with van der Waals surface area (Å²) >= 11 is 0. The van der Waals surface area contributed by atoms with Crippen LogP contribution in [0.15, 0.2) is 102 Å². The average Bonchev–Trinajstić information content (AvgIpc) is 3.52. The Morgan fingerprint density at radius 1 is 0.976 bits per heavy atom. The van der Waals surface area contributed by atoms with Crippen molar-refractivity contribution in [3.8, 4) is 5.75 Å². The first-order valence-electron chi connectivity index (χ1n) is 14.8. The molecule has 42 heavy (non-hydrogen) atoms. The maximum Gasteiger partial charge on any atom is 0.261 e. The van der Waals surface area contributed by atoms with Crippen LogP contribution in [0.3, 0.4) is 0 Å². The Kier molecular flexibility index (Phi) is 8.95. The molecule has 3 aromatic rings. The summed E-state index contributed by atoms with van der Waals surface area (Å²) in [7, 11) is -6.15. The van der Waals surface area contributed by atoms with E-state index < -0.39 is 23.4 Å². The smallest absolute Gasteiger partial charge is 0.261 e. The highest BCUT2D eigenvalue weighted by atomic mass is 32.2. The van der Waals surface area contributed by atoms with Crippen LogP contribution in [0.2, 0.25) is 5.04 Å². The molecule has 7 heteroatoms. The first kappa shape index (κ1) is 30.5. The zero-order valence-corrected chi connectivity index (χ0v) is 26.9. The Balaban J connectivity index is 1.45. The summed E-state index contributed by atoms with van der Waals surface area (Å²) < 4.78 is 40.0. The van der Waals surface area contributed by atoms with Crippen molar-refractivity contribution in [3.05, 3.63) is 107 Å². The molecule has 3 aromatic carbocycles. The van der Waals surface area contributed by atoms with Crippen LogP contribution in [-0.4, -0.2) is 52.2 Å². The number of phenols is 1. The fourth-order valence-corrected chi connectivity index (χ4v) is 13.0. The minimum atomic E-state index is -3.34. The van der Waals surface area contributed by atoms with Gasteiger partial charge in [0.25, 0.3) is 8.32 Å². The predicted molar refractivity (Wildman–Crippen MR) is 174 cm³/mol. The second kappa shape index (κ2) is 12.3. The molecule has 0 radical (unpaired) electrons. The number of sulfone groups is 1. The number of hydrogen-bond donors (Lipinski definition) is 1. The van der Waals surface area contributed by atoms with Crippen LogP contribution < -0.4 is 10.4 Å². The quantitative estimate of drug-likeness (QED) is 0.227. The van der Waals surface area contributed by atoms with E-state index in [1.807, 2.05) is 24.3 Å². The molecule has 5 rings (SSSR count). The molecule has 1 saturated heterocycles. The zero-order chi connectivity index (χ0) is 30.0. The van der Waals surface area contributed by atoms with Crippen molar-refractivity contribution in [2.75, 3.05) is 19.0 Å². The SMILES string of the molecule is CC/C(=C\c1ccc(O)cc1)CC[C@H]1OC[C@H]2C1=C(CO[Si](c1ccccc1)(c1ccccc1)C(C)(C)C)CS2(=O)=O. The van der Waals surface area contributed by atoms with Crippen molar-refractivity contribution < 1.29 is 22.7 Å². The summed E-state index contributed by atoms with van der Waals surface area (Å²) in [5, 5.41) is 11.2. The number of phenolic OH excluding ortho intramolecular Hbond substituents is 1. The lowest BCUT2D eigenvalue weighted by Crippen LogP contribution is -2.66. The topological polar surface area (TPSA) is 72.8 Å². The summed E-state index contributed by atoms with van der Waals surface area (Å²) in [6.45, 7) is 9.33. The molecule has 2 atom stereocenters. The highest BCUT2D eigenvalue weighted by Gasteiger charge is 2.52. The number of ether oxygens (including phenoxy) is 1. The van der Waals surface area contributed by atoms with Crippen molar-refractivity contribution in [2.24, 2.45) is 0 Å². The molecule has 0 spiro atoms. The van der Waals surface area contributed by atoms with Gasteiger partial charge in [-0.2, -0.15) is 0 Å². The van der Waals surface area contributed by atoms with Gasteiger partial charge in [-0.1, -0.05) is 112 Å². The van der Waals surface area contributed by atoms with Gasteiger partial charge in [-0.05, 0) is 63.5 Å². The van der Waals surface area contributed by atoms with E-state index in [-0.39, 0.29) is 35.9 Å². The number of hydrogen-bond acceptors (Lipinski definition) is 5. The zero-order valence-electron chi connectivity index (χ0n) is 25.0. The van der Waals surface area contributed by atoms with Gasteiger partial charge in [0.2, 0.25) is 0 Å². The lowest BCUT2D eigenvalue weighted by molar-refractivity contribution is 0.117. The van der Waals surface area contributed by atoms with Crippen molar-refractivity contribution in [2.45, 2.75) is 63.3 Å². The fourth-order valence-electron chi connectivity index (χ4n) is 6.56. The third-order valence-electron chi connectivity index (χ3n) is 8.69. The molecule has 0 aliphatic carbocycles. The molecule has 0 amide bonds. The number of aromatic hydroxyl groups is 1. The van der Waals surface area contributed by atoms with Gasteiger partial charge < -0.3 is 14.3 Å². The van der Waals surface area contributed by atoms with Crippen LogP contribution in [0.1, 0.15) is 52.5 Å². The normalized spacial score (nSPS) is 20.6. The molecular weight excluding hydrogens is 561 g/mol. The van der Waals surface area contributed by atoms with E-state index >= 15 is 0 Å². The molecule has 1 N–H and O–H groups in total. The Morgan fingerprint density at radius 2 is 1.57 bits per heavy atom. The largest absolute Gasteiger partial charge is 0.508 e. The van der Waals surface area contributed by atoms with E-state index in [9.17, 15) is 13.5 Å². The maximum atomic E-state index is 13.3. The van der Waals surface area contributed by atoms with Gasteiger partial charge in [0.05, 0.1) is 25.1 Å². The third-order valence-corrected chi connectivity index (χ3v) is 15.7. The van der Waals surface area contributed by atoms with Gasteiger partial charge >= 0.3 is 0 Å². The molecule has 2 aliphatic rings. The van der Waals surface area contributed by atoms with Crippen LogP contribution in [0, 0.1) is 0 Å². The van der Waals surface area contributed by atoms with E-state index in [0.29, 0.717) is 0 Å². The van der Waals surface area contributed by atoms with Crippen molar-refractivity contribution in [1.82, 2.24) is 0 Å². The number of allylic oxidation sites excluding steroid dienone is 1. The lowest BCUT2D eigenvalue weighted by Gasteiger charge is -2.43. The van der Waals surface area contributed by atoms with Gasteiger partial charge in [0.15, 0.2) is 9.84 Å².